The molecule has 3 rings (SSSR count). The van der Waals surface area contributed by atoms with Gasteiger partial charge in [-0.15, -0.1) is 0 Å². The summed E-state index contributed by atoms with van der Waals surface area (Å²) in [6.07, 6.45) is 4.79. The Balaban J connectivity index is 1.72. The van der Waals surface area contributed by atoms with Crippen LogP contribution in [0, 0.1) is 5.92 Å². The number of rotatable bonds is 5. The van der Waals surface area contributed by atoms with E-state index in [0.717, 1.165) is 25.5 Å². The van der Waals surface area contributed by atoms with E-state index in [1.807, 2.05) is 18.2 Å². The van der Waals surface area contributed by atoms with Crippen molar-refractivity contribution in [3.05, 3.63) is 48.6 Å². The van der Waals surface area contributed by atoms with E-state index >= 15 is 0 Å². The number of anilines is 1. The fourth-order valence-electron chi connectivity index (χ4n) is 3.06. The van der Waals surface area contributed by atoms with Crippen LogP contribution in [-0.4, -0.2) is 55.6 Å². The van der Waals surface area contributed by atoms with Crippen LogP contribution in [-0.2, 0) is 0 Å². The molecule has 6 heteroatoms. The Labute approximate surface area is 136 Å². The zero-order valence-electron chi connectivity index (χ0n) is 13.5. The number of carbonyl (C=O) groups excluding carboxylic acids is 1. The Kier molecular flexibility index (Phi) is 4.62. The summed E-state index contributed by atoms with van der Waals surface area (Å²) in [4.78, 5) is 21.1. The first-order valence-electron chi connectivity index (χ1n) is 7.77. The molecule has 1 aliphatic rings. The van der Waals surface area contributed by atoms with Crippen molar-refractivity contribution in [2.24, 2.45) is 5.92 Å². The average Bonchev–Trinajstić information content (AvgIpc) is 3.18. The van der Waals surface area contributed by atoms with Gasteiger partial charge >= 0.3 is 0 Å². The summed E-state index contributed by atoms with van der Waals surface area (Å²) in [5.41, 5.74) is 0.560. The Morgan fingerprint density at radius 2 is 2.26 bits per heavy atom. The van der Waals surface area contributed by atoms with Crippen LogP contribution in [0.25, 0.3) is 0 Å². The molecule has 2 aromatic heterocycles. The quantitative estimate of drug-likeness (QED) is 0.905. The van der Waals surface area contributed by atoms with Crippen molar-refractivity contribution in [3.63, 3.8) is 0 Å². The minimum atomic E-state index is -0.0876. The van der Waals surface area contributed by atoms with Gasteiger partial charge in [0.15, 0.2) is 0 Å². The number of hydrogen-bond donors (Lipinski definition) is 1. The van der Waals surface area contributed by atoms with E-state index < -0.39 is 0 Å². The van der Waals surface area contributed by atoms with E-state index in [1.165, 1.54) is 12.5 Å². The van der Waals surface area contributed by atoms with Crippen molar-refractivity contribution in [2.75, 3.05) is 38.6 Å². The Hall–Kier alpha value is -2.34. The van der Waals surface area contributed by atoms with Gasteiger partial charge in [-0.2, -0.15) is 0 Å². The highest BCUT2D eigenvalue weighted by atomic mass is 16.3. The molecule has 2 atom stereocenters. The number of amides is 1. The molecule has 0 aromatic carbocycles. The van der Waals surface area contributed by atoms with Gasteiger partial charge in [0, 0.05) is 31.7 Å². The Morgan fingerprint density at radius 1 is 1.39 bits per heavy atom. The summed E-state index contributed by atoms with van der Waals surface area (Å²) >= 11 is 0. The fourth-order valence-corrected chi connectivity index (χ4v) is 3.06. The lowest BCUT2D eigenvalue weighted by atomic mass is 10.0. The standard InChI is InChI=1S/C17H22N4O2/c1-20(2)9-14-10-21(16-5-3-4-7-18-16)11-15(14)19-17(22)13-6-8-23-12-13/h3-8,12,14-15H,9-11H2,1-2H3,(H,19,22)/t14-,15-/m1/s1. The van der Waals surface area contributed by atoms with E-state index in [-0.39, 0.29) is 11.9 Å². The van der Waals surface area contributed by atoms with Gasteiger partial charge in [0.2, 0.25) is 0 Å². The molecule has 1 amide bonds. The summed E-state index contributed by atoms with van der Waals surface area (Å²) in [6.45, 7) is 2.56. The molecule has 1 N–H and O–H groups in total. The van der Waals surface area contributed by atoms with Crippen molar-refractivity contribution in [1.82, 2.24) is 15.2 Å². The molecule has 122 valence electrons. The highest BCUT2D eigenvalue weighted by Gasteiger charge is 2.34. The summed E-state index contributed by atoms with van der Waals surface area (Å²) in [5, 5.41) is 3.14. The maximum atomic E-state index is 12.3. The third-order valence-corrected chi connectivity index (χ3v) is 4.11. The average molecular weight is 314 g/mol. The van der Waals surface area contributed by atoms with E-state index in [4.69, 9.17) is 4.42 Å². The second-order valence-electron chi connectivity index (χ2n) is 6.21. The van der Waals surface area contributed by atoms with E-state index in [9.17, 15) is 4.79 Å². The number of carbonyl (C=O) groups is 1. The van der Waals surface area contributed by atoms with Gasteiger partial charge in [0.25, 0.3) is 5.91 Å². The third kappa shape index (κ3) is 3.71. The molecule has 1 fully saturated rings. The zero-order chi connectivity index (χ0) is 16.2. The summed E-state index contributed by atoms with van der Waals surface area (Å²) in [6, 6.07) is 7.67. The predicted octanol–water partition coefficient (Wildman–Crippen LogP) is 1.47. The smallest absolute Gasteiger partial charge is 0.254 e. The Morgan fingerprint density at radius 3 is 2.91 bits per heavy atom. The molecule has 0 spiro atoms. The van der Waals surface area contributed by atoms with Gasteiger partial charge in [-0.3, -0.25) is 4.79 Å². The first kappa shape index (κ1) is 15.6. The van der Waals surface area contributed by atoms with Crippen LogP contribution in [0.2, 0.25) is 0 Å². The highest BCUT2D eigenvalue weighted by molar-refractivity contribution is 5.94. The molecule has 23 heavy (non-hydrogen) atoms. The summed E-state index contributed by atoms with van der Waals surface area (Å²) < 4.78 is 4.99. The van der Waals surface area contributed by atoms with Crippen molar-refractivity contribution in [1.29, 1.82) is 0 Å². The van der Waals surface area contributed by atoms with Crippen molar-refractivity contribution in [2.45, 2.75) is 6.04 Å². The molecule has 0 saturated carbocycles. The molecule has 1 saturated heterocycles. The number of nitrogens with one attached hydrogen (secondary N) is 1. The van der Waals surface area contributed by atoms with E-state index in [2.05, 4.69) is 34.2 Å². The lowest BCUT2D eigenvalue weighted by Crippen LogP contribution is -2.43. The van der Waals surface area contributed by atoms with Crippen LogP contribution >= 0.6 is 0 Å². The molecule has 1 aliphatic heterocycles. The van der Waals surface area contributed by atoms with Crippen LogP contribution in [0.15, 0.2) is 47.4 Å². The first-order chi connectivity index (χ1) is 11.1. The largest absolute Gasteiger partial charge is 0.472 e. The predicted molar refractivity (Wildman–Crippen MR) is 88.5 cm³/mol. The number of nitrogens with zero attached hydrogens (tertiary/aromatic N) is 3. The van der Waals surface area contributed by atoms with Crippen LogP contribution in [0.3, 0.4) is 0 Å². The van der Waals surface area contributed by atoms with Crippen LogP contribution in [0.1, 0.15) is 10.4 Å². The number of furan rings is 1. The number of aromatic nitrogens is 1. The molecular formula is C17H22N4O2. The molecule has 0 aliphatic carbocycles. The first-order valence-corrected chi connectivity index (χ1v) is 7.77. The second-order valence-corrected chi connectivity index (χ2v) is 6.21. The van der Waals surface area contributed by atoms with E-state index in [1.54, 1.807) is 12.3 Å². The maximum Gasteiger partial charge on any atom is 0.254 e. The monoisotopic (exact) mass is 314 g/mol. The molecule has 2 aromatic rings. The number of pyridine rings is 1. The van der Waals surface area contributed by atoms with Crippen molar-refractivity contribution < 1.29 is 9.21 Å². The van der Waals surface area contributed by atoms with Crippen molar-refractivity contribution >= 4 is 11.7 Å². The van der Waals surface area contributed by atoms with E-state index in [0.29, 0.717) is 11.5 Å². The second kappa shape index (κ2) is 6.83. The van der Waals surface area contributed by atoms with Gasteiger partial charge in [-0.25, -0.2) is 4.98 Å². The molecule has 0 bridgehead atoms. The van der Waals surface area contributed by atoms with Gasteiger partial charge in [-0.1, -0.05) is 6.07 Å². The minimum absolute atomic E-state index is 0.0850. The molecule has 6 nitrogen and oxygen atoms in total. The molecular weight excluding hydrogens is 292 g/mol. The van der Waals surface area contributed by atoms with Gasteiger partial charge in [0.1, 0.15) is 12.1 Å². The van der Waals surface area contributed by atoms with Crippen LogP contribution in [0.5, 0.6) is 0 Å². The van der Waals surface area contributed by atoms with Crippen LogP contribution in [0.4, 0.5) is 5.82 Å². The van der Waals surface area contributed by atoms with Crippen molar-refractivity contribution in [3.8, 4) is 0 Å². The molecule has 3 heterocycles. The third-order valence-electron chi connectivity index (χ3n) is 4.11. The normalized spacial score (nSPS) is 20.9. The maximum absolute atomic E-state index is 12.3. The SMILES string of the molecule is CN(C)C[C@@H]1CN(c2ccccn2)C[C@H]1NC(=O)c1ccoc1. The molecule has 0 unspecified atom stereocenters. The lowest BCUT2D eigenvalue weighted by molar-refractivity contribution is 0.0927. The molecule has 0 radical (unpaired) electrons. The van der Waals surface area contributed by atoms with Gasteiger partial charge in [0.05, 0.1) is 17.9 Å². The zero-order valence-corrected chi connectivity index (χ0v) is 13.5. The topological polar surface area (TPSA) is 61.6 Å². The number of hydrogen-bond acceptors (Lipinski definition) is 5. The van der Waals surface area contributed by atoms with Gasteiger partial charge < -0.3 is 19.5 Å². The summed E-state index contributed by atoms with van der Waals surface area (Å²) in [7, 11) is 4.11. The fraction of sp³-hybridized carbons (Fsp3) is 0.412. The lowest BCUT2D eigenvalue weighted by Gasteiger charge is -2.22. The highest BCUT2D eigenvalue weighted by Crippen LogP contribution is 2.23. The minimum Gasteiger partial charge on any atom is -0.472 e. The summed E-state index contributed by atoms with van der Waals surface area (Å²) in [5.74, 6) is 1.22. The van der Waals surface area contributed by atoms with Gasteiger partial charge in [-0.05, 0) is 32.3 Å². The Bertz CT molecular complexity index is 627. The van der Waals surface area contributed by atoms with Crippen LogP contribution < -0.4 is 10.2 Å².